The van der Waals surface area contributed by atoms with Crippen LogP contribution >= 0.6 is 11.3 Å². The third kappa shape index (κ3) is 3.40. The number of rotatable bonds is 4. The molecule has 32 heavy (non-hydrogen) atoms. The Labute approximate surface area is 189 Å². The Bertz CT molecular complexity index is 1320. The fourth-order valence-corrected chi connectivity index (χ4v) is 5.19. The maximum absolute atomic E-state index is 13.7. The normalized spacial score (nSPS) is 17.8. The number of methoxy groups -OCH3 is 1. The fourth-order valence-electron chi connectivity index (χ4n) is 4.29. The van der Waals surface area contributed by atoms with Gasteiger partial charge in [0.15, 0.2) is 5.13 Å². The van der Waals surface area contributed by atoms with Crippen LogP contribution in [0.15, 0.2) is 72.8 Å². The molecule has 0 bridgehead atoms. The molecule has 1 N–H and O–H groups in total. The van der Waals surface area contributed by atoms with Crippen molar-refractivity contribution in [3.8, 4) is 5.75 Å². The van der Waals surface area contributed by atoms with E-state index in [-0.39, 0.29) is 11.8 Å². The average molecular weight is 444 g/mol. The highest BCUT2D eigenvalue weighted by molar-refractivity contribution is 7.22. The summed E-state index contributed by atoms with van der Waals surface area (Å²) in [7, 11) is 3.37. The van der Waals surface area contributed by atoms with Gasteiger partial charge >= 0.3 is 0 Å². The molecule has 0 saturated carbocycles. The number of fused-ring (bicyclic) bond motifs is 2. The molecule has 0 unspecified atom stereocenters. The molecule has 4 aromatic rings. The Morgan fingerprint density at radius 3 is 2.59 bits per heavy atom. The van der Waals surface area contributed by atoms with E-state index in [1.54, 1.807) is 25.1 Å². The van der Waals surface area contributed by atoms with Crippen LogP contribution in [0.1, 0.15) is 33.4 Å². The number of nitrogens with zero attached hydrogens (tertiary/aromatic N) is 2. The number of amides is 2. The van der Waals surface area contributed by atoms with Crippen LogP contribution in [0.2, 0.25) is 0 Å². The van der Waals surface area contributed by atoms with Gasteiger partial charge < -0.3 is 15.0 Å². The van der Waals surface area contributed by atoms with Crippen molar-refractivity contribution in [2.45, 2.75) is 12.0 Å². The number of hydrogen-bond acceptors (Lipinski definition) is 5. The van der Waals surface area contributed by atoms with Crippen molar-refractivity contribution in [3.63, 3.8) is 0 Å². The molecule has 0 aliphatic carbocycles. The summed E-state index contributed by atoms with van der Waals surface area (Å²) in [5.41, 5.74) is 2.98. The number of ether oxygens (including phenoxy) is 1. The van der Waals surface area contributed by atoms with E-state index in [1.807, 2.05) is 66.7 Å². The van der Waals surface area contributed by atoms with E-state index in [1.165, 1.54) is 11.3 Å². The Morgan fingerprint density at radius 2 is 1.81 bits per heavy atom. The lowest BCUT2D eigenvalue weighted by molar-refractivity contribution is -0.119. The van der Waals surface area contributed by atoms with Crippen LogP contribution in [0, 0.1) is 0 Å². The minimum absolute atomic E-state index is 0.0921. The zero-order valence-corrected chi connectivity index (χ0v) is 18.4. The molecular formula is C25H21N3O3S. The topological polar surface area (TPSA) is 71.5 Å². The van der Waals surface area contributed by atoms with Gasteiger partial charge in [-0.2, -0.15) is 0 Å². The smallest absolute Gasteiger partial charge is 0.254 e. The molecule has 6 nitrogen and oxygen atoms in total. The summed E-state index contributed by atoms with van der Waals surface area (Å²) < 4.78 is 6.21. The number of carbonyl (C=O) groups excluding carboxylic acids is 2. The minimum Gasteiger partial charge on any atom is -0.497 e. The number of hydrogen-bond donors (Lipinski definition) is 1. The lowest BCUT2D eigenvalue weighted by Crippen LogP contribution is -2.44. The van der Waals surface area contributed by atoms with Gasteiger partial charge in [0.25, 0.3) is 5.91 Å². The van der Waals surface area contributed by atoms with Crippen molar-refractivity contribution in [2.24, 2.45) is 0 Å². The van der Waals surface area contributed by atoms with Gasteiger partial charge in [0, 0.05) is 12.6 Å². The first-order valence-corrected chi connectivity index (χ1v) is 11.0. The third-order valence-corrected chi connectivity index (χ3v) is 6.76. The quantitative estimate of drug-likeness (QED) is 0.489. The summed E-state index contributed by atoms with van der Waals surface area (Å²) >= 11 is 1.40. The largest absolute Gasteiger partial charge is 0.497 e. The molecule has 2 amide bonds. The van der Waals surface area contributed by atoms with Gasteiger partial charge in [-0.15, -0.1) is 0 Å². The molecule has 1 aliphatic rings. The first-order chi connectivity index (χ1) is 15.6. The van der Waals surface area contributed by atoms with E-state index in [0.29, 0.717) is 10.7 Å². The lowest BCUT2D eigenvalue weighted by atomic mass is 9.79. The molecule has 1 aliphatic heterocycles. The number of benzene rings is 3. The second kappa shape index (κ2) is 8.09. The molecule has 0 spiro atoms. The van der Waals surface area contributed by atoms with Crippen LogP contribution in [-0.2, 0) is 4.79 Å². The van der Waals surface area contributed by atoms with Gasteiger partial charge in [0.1, 0.15) is 5.75 Å². The molecule has 7 heteroatoms. The van der Waals surface area contributed by atoms with Crippen LogP contribution in [0.25, 0.3) is 10.2 Å². The number of aromatic nitrogens is 1. The van der Waals surface area contributed by atoms with Gasteiger partial charge in [-0.1, -0.05) is 59.9 Å². The molecular weight excluding hydrogens is 422 g/mol. The number of thiazole rings is 1. The Hall–Kier alpha value is -3.71. The lowest BCUT2D eigenvalue weighted by Gasteiger charge is -2.39. The predicted octanol–water partition coefficient (Wildman–Crippen LogP) is 4.85. The van der Waals surface area contributed by atoms with E-state index in [9.17, 15) is 9.59 Å². The zero-order chi connectivity index (χ0) is 22.2. The number of likely N-dealkylation sites (N-methyl/N-ethyl adjacent to an activating group) is 1. The molecule has 0 fully saturated rings. The number of nitrogens with one attached hydrogen (secondary N) is 1. The van der Waals surface area contributed by atoms with E-state index in [2.05, 4.69) is 10.3 Å². The first-order valence-electron chi connectivity index (χ1n) is 10.2. The summed E-state index contributed by atoms with van der Waals surface area (Å²) in [5.74, 6) is -0.121. The van der Waals surface area contributed by atoms with E-state index in [0.717, 1.165) is 27.1 Å². The van der Waals surface area contributed by atoms with E-state index < -0.39 is 12.0 Å². The maximum atomic E-state index is 13.7. The van der Waals surface area contributed by atoms with Crippen molar-refractivity contribution >= 4 is 38.5 Å². The van der Waals surface area contributed by atoms with E-state index in [4.69, 9.17) is 4.74 Å². The first kappa shape index (κ1) is 20.2. The van der Waals surface area contributed by atoms with Crippen LogP contribution in [0.5, 0.6) is 5.75 Å². The summed E-state index contributed by atoms with van der Waals surface area (Å²) in [6.07, 6.45) is 0. The van der Waals surface area contributed by atoms with Gasteiger partial charge in [-0.05, 0) is 35.4 Å². The molecule has 2 atom stereocenters. The number of anilines is 1. The van der Waals surface area contributed by atoms with Crippen LogP contribution < -0.4 is 10.1 Å². The maximum Gasteiger partial charge on any atom is 0.254 e. The van der Waals surface area contributed by atoms with Gasteiger partial charge in [-0.25, -0.2) is 4.98 Å². The highest BCUT2D eigenvalue weighted by atomic mass is 32.1. The van der Waals surface area contributed by atoms with Crippen LogP contribution in [0.3, 0.4) is 0 Å². The summed E-state index contributed by atoms with van der Waals surface area (Å²) in [4.78, 5) is 33.0. The minimum atomic E-state index is -0.571. The summed E-state index contributed by atoms with van der Waals surface area (Å²) in [5, 5.41) is 3.52. The zero-order valence-electron chi connectivity index (χ0n) is 17.6. The van der Waals surface area contributed by atoms with Crippen molar-refractivity contribution in [1.29, 1.82) is 0 Å². The van der Waals surface area contributed by atoms with Crippen molar-refractivity contribution in [3.05, 3.63) is 89.5 Å². The second-order valence-corrected chi connectivity index (χ2v) is 8.71. The molecule has 160 valence electrons. The van der Waals surface area contributed by atoms with Crippen molar-refractivity contribution < 1.29 is 14.3 Å². The standard InChI is InChI=1S/C25H21N3O3S/c1-28-22(15-8-4-3-5-9-15)21(17-10-6-7-11-18(17)24(28)30)23(29)27-25-26-19-13-12-16(31-2)14-20(19)32-25/h3-14,21-22H,1-2H3,(H,26,27,29)/t21-,22+/m0/s1. The summed E-state index contributed by atoms with van der Waals surface area (Å²) in [6.45, 7) is 0. The monoisotopic (exact) mass is 443 g/mol. The van der Waals surface area contributed by atoms with Crippen molar-refractivity contribution in [1.82, 2.24) is 9.88 Å². The summed E-state index contributed by atoms with van der Waals surface area (Å²) in [6, 6.07) is 22.2. The molecule has 0 saturated heterocycles. The predicted molar refractivity (Wildman–Crippen MR) is 125 cm³/mol. The molecule has 0 radical (unpaired) electrons. The van der Waals surface area contributed by atoms with Gasteiger partial charge in [-0.3, -0.25) is 9.59 Å². The van der Waals surface area contributed by atoms with Crippen LogP contribution in [-0.4, -0.2) is 35.9 Å². The van der Waals surface area contributed by atoms with E-state index >= 15 is 0 Å². The molecule has 1 aromatic heterocycles. The Morgan fingerprint density at radius 1 is 1.06 bits per heavy atom. The molecule has 3 aromatic carbocycles. The Balaban J connectivity index is 1.56. The van der Waals surface area contributed by atoms with Gasteiger partial charge in [0.05, 0.1) is 29.3 Å². The molecule has 2 heterocycles. The second-order valence-electron chi connectivity index (χ2n) is 7.68. The van der Waals surface area contributed by atoms with Crippen LogP contribution in [0.4, 0.5) is 5.13 Å². The Kier molecular flexibility index (Phi) is 5.11. The molecule has 5 rings (SSSR count). The fraction of sp³-hybridized carbons (Fsp3) is 0.160. The highest BCUT2D eigenvalue weighted by Crippen LogP contribution is 2.42. The average Bonchev–Trinajstić information content (AvgIpc) is 3.22. The highest BCUT2D eigenvalue weighted by Gasteiger charge is 2.42. The van der Waals surface area contributed by atoms with Gasteiger partial charge in [0.2, 0.25) is 5.91 Å². The number of carbonyl (C=O) groups is 2. The van der Waals surface area contributed by atoms with Crippen molar-refractivity contribution in [2.75, 3.05) is 19.5 Å². The third-order valence-electron chi connectivity index (χ3n) is 5.83. The SMILES string of the molecule is COc1ccc2nc(NC(=O)[C@H]3c4ccccc4C(=O)N(C)[C@@H]3c3ccccc3)sc2c1.